The van der Waals surface area contributed by atoms with E-state index in [0.29, 0.717) is 24.1 Å². The summed E-state index contributed by atoms with van der Waals surface area (Å²) in [5.74, 6) is 0.476. The van der Waals surface area contributed by atoms with Crippen molar-refractivity contribution in [2.75, 3.05) is 5.32 Å². The number of aromatic nitrogens is 2. The lowest BCUT2D eigenvalue weighted by atomic mass is 10.1. The average Bonchev–Trinajstić information content (AvgIpc) is 3.08. The fraction of sp³-hybridized carbons (Fsp3) is 0.688. The van der Waals surface area contributed by atoms with Gasteiger partial charge in [-0.2, -0.15) is 5.10 Å². The van der Waals surface area contributed by atoms with Crippen molar-refractivity contribution in [3.63, 3.8) is 0 Å². The Bertz CT molecular complexity index is 504. The SMILES string of the molecule is CC(C)CCC(=O)Nc1cnn(CC(=O)NC2CCCC2)c1. The lowest BCUT2D eigenvalue weighted by Gasteiger charge is -2.11. The summed E-state index contributed by atoms with van der Waals surface area (Å²) in [4.78, 5) is 23.7. The zero-order valence-corrected chi connectivity index (χ0v) is 13.5. The van der Waals surface area contributed by atoms with Gasteiger partial charge in [-0.25, -0.2) is 0 Å². The first kappa shape index (κ1) is 16.5. The van der Waals surface area contributed by atoms with Gasteiger partial charge in [0.25, 0.3) is 0 Å². The molecule has 0 bridgehead atoms. The van der Waals surface area contributed by atoms with Crippen LogP contribution in [0.2, 0.25) is 0 Å². The van der Waals surface area contributed by atoms with Gasteiger partial charge in [0.2, 0.25) is 11.8 Å². The minimum atomic E-state index is -0.0207. The molecule has 1 fully saturated rings. The smallest absolute Gasteiger partial charge is 0.241 e. The van der Waals surface area contributed by atoms with Gasteiger partial charge in [0.05, 0.1) is 11.9 Å². The van der Waals surface area contributed by atoms with Crippen LogP contribution in [0, 0.1) is 5.92 Å². The highest BCUT2D eigenvalue weighted by Gasteiger charge is 2.17. The fourth-order valence-corrected chi connectivity index (χ4v) is 2.65. The van der Waals surface area contributed by atoms with Gasteiger partial charge < -0.3 is 10.6 Å². The van der Waals surface area contributed by atoms with Crippen LogP contribution < -0.4 is 10.6 Å². The number of rotatable bonds is 7. The molecule has 2 N–H and O–H groups in total. The quantitative estimate of drug-likeness (QED) is 0.811. The zero-order valence-electron chi connectivity index (χ0n) is 13.5. The van der Waals surface area contributed by atoms with Gasteiger partial charge in [-0.1, -0.05) is 26.7 Å². The van der Waals surface area contributed by atoms with Crippen LogP contribution in [0.4, 0.5) is 5.69 Å². The van der Waals surface area contributed by atoms with Crippen LogP contribution in [-0.4, -0.2) is 27.6 Å². The van der Waals surface area contributed by atoms with E-state index >= 15 is 0 Å². The first-order chi connectivity index (χ1) is 10.5. The van der Waals surface area contributed by atoms with Crippen molar-refractivity contribution in [2.45, 2.75) is 65.0 Å². The number of carbonyl (C=O) groups is 2. The van der Waals surface area contributed by atoms with Gasteiger partial charge in [0.1, 0.15) is 6.54 Å². The molecule has 0 spiro atoms. The Morgan fingerprint density at radius 2 is 2.05 bits per heavy atom. The van der Waals surface area contributed by atoms with E-state index in [-0.39, 0.29) is 18.4 Å². The van der Waals surface area contributed by atoms with Crippen molar-refractivity contribution >= 4 is 17.5 Å². The molecule has 0 unspecified atom stereocenters. The van der Waals surface area contributed by atoms with Crippen LogP contribution in [0.1, 0.15) is 52.4 Å². The maximum absolute atomic E-state index is 11.9. The molecule has 1 aliphatic rings. The summed E-state index contributed by atoms with van der Waals surface area (Å²) < 4.78 is 1.56. The Kier molecular flexibility index (Phi) is 5.98. The summed E-state index contributed by atoms with van der Waals surface area (Å²) in [5.41, 5.74) is 0.641. The molecule has 1 heterocycles. The molecular weight excluding hydrogens is 280 g/mol. The Hall–Kier alpha value is -1.85. The lowest BCUT2D eigenvalue weighted by Crippen LogP contribution is -2.35. The van der Waals surface area contributed by atoms with Crippen LogP contribution in [0.3, 0.4) is 0 Å². The third kappa shape index (κ3) is 5.50. The van der Waals surface area contributed by atoms with E-state index in [1.54, 1.807) is 17.1 Å². The van der Waals surface area contributed by atoms with Crippen LogP contribution in [0.15, 0.2) is 12.4 Å². The molecule has 2 amide bonds. The summed E-state index contributed by atoms with van der Waals surface area (Å²) in [6.45, 7) is 4.38. The summed E-state index contributed by atoms with van der Waals surface area (Å²) in [5, 5.41) is 9.95. The third-order valence-electron chi connectivity index (χ3n) is 3.89. The Balaban J connectivity index is 1.75. The molecule has 0 radical (unpaired) electrons. The number of amides is 2. The molecule has 22 heavy (non-hydrogen) atoms. The monoisotopic (exact) mass is 306 g/mol. The van der Waals surface area contributed by atoms with Crippen molar-refractivity contribution in [3.05, 3.63) is 12.4 Å². The van der Waals surface area contributed by atoms with Crippen LogP contribution >= 0.6 is 0 Å². The second kappa shape index (κ2) is 7.96. The van der Waals surface area contributed by atoms with Gasteiger partial charge in [-0.15, -0.1) is 0 Å². The summed E-state index contributed by atoms with van der Waals surface area (Å²) in [6.07, 6.45) is 9.18. The van der Waals surface area contributed by atoms with E-state index in [1.807, 2.05) is 0 Å². The van der Waals surface area contributed by atoms with Gasteiger partial charge in [-0.05, 0) is 25.2 Å². The van der Waals surface area contributed by atoms with Crippen molar-refractivity contribution in [1.29, 1.82) is 0 Å². The highest BCUT2D eigenvalue weighted by Crippen LogP contribution is 2.17. The molecular formula is C16H26N4O2. The molecule has 1 aromatic rings. The van der Waals surface area contributed by atoms with Gasteiger partial charge >= 0.3 is 0 Å². The van der Waals surface area contributed by atoms with Gasteiger partial charge in [0, 0.05) is 18.7 Å². The Labute approximate surface area is 131 Å². The molecule has 0 aliphatic heterocycles. The topological polar surface area (TPSA) is 76.0 Å². The normalized spacial score (nSPS) is 15.2. The number of nitrogens with zero attached hydrogens (tertiary/aromatic N) is 2. The molecule has 122 valence electrons. The predicted octanol–water partition coefficient (Wildman–Crippen LogP) is 2.32. The Morgan fingerprint density at radius 3 is 2.73 bits per heavy atom. The lowest BCUT2D eigenvalue weighted by molar-refractivity contribution is -0.122. The molecule has 0 atom stereocenters. The largest absolute Gasteiger partial charge is 0.352 e. The second-order valence-corrected chi connectivity index (χ2v) is 6.46. The van der Waals surface area contributed by atoms with Crippen molar-refractivity contribution in [3.8, 4) is 0 Å². The molecule has 6 nitrogen and oxygen atoms in total. The zero-order chi connectivity index (χ0) is 15.9. The summed E-state index contributed by atoms with van der Waals surface area (Å²) >= 11 is 0. The molecule has 1 aliphatic carbocycles. The molecule has 0 aromatic carbocycles. The summed E-state index contributed by atoms with van der Waals surface area (Å²) in [6, 6.07) is 0.318. The average molecular weight is 306 g/mol. The van der Waals surface area contributed by atoms with Crippen LogP contribution in [0.25, 0.3) is 0 Å². The molecule has 2 rings (SSSR count). The van der Waals surface area contributed by atoms with E-state index in [1.165, 1.54) is 12.8 Å². The minimum absolute atomic E-state index is 0.0105. The van der Waals surface area contributed by atoms with Crippen molar-refractivity contribution in [1.82, 2.24) is 15.1 Å². The maximum Gasteiger partial charge on any atom is 0.241 e. The summed E-state index contributed by atoms with van der Waals surface area (Å²) in [7, 11) is 0. The fourth-order valence-electron chi connectivity index (χ4n) is 2.65. The highest BCUT2D eigenvalue weighted by molar-refractivity contribution is 5.90. The number of anilines is 1. The van der Waals surface area contributed by atoms with E-state index in [2.05, 4.69) is 29.6 Å². The first-order valence-corrected chi connectivity index (χ1v) is 8.14. The van der Waals surface area contributed by atoms with E-state index < -0.39 is 0 Å². The number of hydrogen-bond acceptors (Lipinski definition) is 3. The van der Waals surface area contributed by atoms with Gasteiger partial charge in [-0.3, -0.25) is 14.3 Å². The predicted molar refractivity (Wildman–Crippen MR) is 85.3 cm³/mol. The van der Waals surface area contributed by atoms with Crippen LogP contribution in [-0.2, 0) is 16.1 Å². The van der Waals surface area contributed by atoms with Gasteiger partial charge in [0.15, 0.2) is 0 Å². The first-order valence-electron chi connectivity index (χ1n) is 8.14. The number of nitrogens with one attached hydrogen (secondary N) is 2. The standard InChI is InChI=1S/C16H26N4O2/c1-12(2)7-8-15(21)19-14-9-17-20(10-14)11-16(22)18-13-5-3-4-6-13/h9-10,12-13H,3-8,11H2,1-2H3,(H,18,22)(H,19,21). The minimum Gasteiger partial charge on any atom is -0.352 e. The third-order valence-corrected chi connectivity index (χ3v) is 3.89. The Morgan fingerprint density at radius 1 is 1.32 bits per heavy atom. The van der Waals surface area contributed by atoms with Crippen molar-refractivity contribution in [2.24, 2.45) is 5.92 Å². The highest BCUT2D eigenvalue weighted by atomic mass is 16.2. The number of carbonyl (C=O) groups excluding carboxylic acids is 2. The second-order valence-electron chi connectivity index (χ2n) is 6.46. The maximum atomic E-state index is 11.9. The van der Waals surface area contributed by atoms with E-state index in [9.17, 15) is 9.59 Å². The van der Waals surface area contributed by atoms with Crippen molar-refractivity contribution < 1.29 is 9.59 Å². The number of hydrogen-bond donors (Lipinski definition) is 2. The van der Waals surface area contributed by atoms with Crippen LogP contribution in [0.5, 0.6) is 0 Å². The van der Waals surface area contributed by atoms with E-state index in [4.69, 9.17) is 0 Å². The molecule has 1 saturated carbocycles. The van der Waals surface area contributed by atoms with E-state index in [0.717, 1.165) is 19.3 Å². The molecule has 6 heteroatoms. The molecule has 0 saturated heterocycles. The molecule has 1 aromatic heterocycles.